The monoisotopic (exact) mass is 297 g/mol. The van der Waals surface area contributed by atoms with Crippen molar-refractivity contribution in [1.29, 1.82) is 0 Å². The van der Waals surface area contributed by atoms with Crippen LogP contribution in [0.1, 0.15) is 31.8 Å². The van der Waals surface area contributed by atoms with Crippen LogP contribution in [0.5, 0.6) is 0 Å². The Kier molecular flexibility index (Phi) is 4.51. The van der Waals surface area contributed by atoms with E-state index >= 15 is 0 Å². The Morgan fingerprint density at radius 2 is 1.91 bits per heavy atom. The molecule has 0 spiro atoms. The molecule has 0 radical (unpaired) electrons. The van der Waals surface area contributed by atoms with Crippen molar-refractivity contribution in [2.24, 2.45) is 0 Å². The number of aldehydes is 1. The number of benzene rings is 2. The van der Waals surface area contributed by atoms with E-state index in [0.717, 1.165) is 5.56 Å². The first kappa shape index (κ1) is 15.6. The molecule has 112 valence electrons. The smallest absolute Gasteiger partial charge is 0.261 e. The van der Waals surface area contributed by atoms with Crippen LogP contribution in [-0.4, -0.2) is 19.2 Å². The number of halogens is 1. The van der Waals surface area contributed by atoms with E-state index in [2.05, 4.69) is 6.58 Å². The van der Waals surface area contributed by atoms with E-state index in [1.807, 2.05) is 0 Å². The van der Waals surface area contributed by atoms with E-state index in [-0.39, 0.29) is 5.56 Å². The van der Waals surface area contributed by atoms with Crippen LogP contribution >= 0.6 is 0 Å². The van der Waals surface area contributed by atoms with E-state index in [0.29, 0.717) is 23.1 Å². The third-order valence-corrected chi connectivity index (χ3v) is 3.56. The molecule has 0 N–H and O–H groups in total. The van der Waals surface area contributed by atoms with Crippen LogP contribution in [0.25, 0.3) is 6.08 Å². The van der Waals surface area contributed by atoms with Crippen LogP contribution in [0.15, 0.2) is 43.0 Å². The average molecular weight is 297 g/mol. The number of carbonyl (C=O) groups excluding carboxylic acids is 2. The lowest BCUT2D eigenvalue weighted by atomic mass is 10.0. The molecule has 3 nitrogen and oxygen atoms in total. The molecule has 0 bridgehead atoms. The number of hydrogen-bond donors (Lipinski definition) is 0. The summed E-state index contributed by atoms with van der Waals surface area (Å²) < 4.78 is 14.1. The number of anilines is 1. The highest BCUT2D eigenvalue weighted by atomic mass is 19.1. The third-order valence-electron chi connectivity index (χ3n) is 3.56. The highest BCUT2D eigenvalue weighted by molar-refractivity contribution is 6.10. The highest BCUT2D eigenvalue weighted by Crippen LogP contribution is 2.25. The molecule has 22 heavy (non-hydrogen) atoms. The van der Waals surface area contributed by atoms with Crippen molar-refractivity contribution < 1.29 is 14.0 Å². The zero-order valence-electron chi connectivity index (χ0n) is 12.5. The lowest BCUT2D eigenvalue weighted by Gasteiger charge is -2.21. The summed E-state index contributed by atoms with van der Waals surface area (Å²) in [7, 11) is 1.52. The summed E-state index contributed by atoms with van der Waals surface area (Å²) in [6, 6.07) is 9.55. The maximum atomic E-state index is 14.1. The van der Waals surface area contributed by atoms with Crippen molar-refractivity contribution in [1.82, 2.24) is 0 Å². The molecule has 4 heteroatoms. The average Bonchev–Trinajstić information content (AvgIpc) is 2.52. The second-order valence-corrected chi connectivity index (χ2v) is 4.90. The Bertz CT molecular complexity index is 753. The Morgan fingerprint density at radius 3 is 2.55 bits per heavy atom. The predicted octanol–water partition coefficient (Wildman–Crippen LogP) is 3.87. The number of hydrogen-bond acceptors (Lipinski definition) is 2. The molecule has 2 rings (SSSR count). The van der Waals surface area contributed by atoms with Crippen molar-refractivity contribution in [3.05, 3.63) is 71.0 Å². The number of rotatable bonds is 4. The first-order valence-corrected chi connectivity index (χ1v) is 6.75. The maximum absolute atomic E-state index is 14.1. The Morgan fingerprint density at radius 1 is 1.23 bits per heavy atom. The van der Waals surface area contributed by atoms with E-state index < -0.39 is 11.7 Å². The Labute approximate surface area is 128 Å². The zero-order chi connectivity index (χ0) is 16.3. The fraction of sp³-hybridized carbons (Fsp3) is 0.111. The molecule has 0 heterocycles. The second kappa shape index (κ2) is 6.35. The quantitative estimate of drug-likeness (QED) is 0.803. The van der Waals surface area contributed by atoms with Crippen molar-refractivity contribution in [2.75, 3.05) is 11.9 Å². The van der Waals surface area contributed by atoms with Gasteiger partial charge in [0.15, 0.2) is 6.29 Å². The van der Waals surface area contributed by atoms with Crippen LogP contribution < -0.4 is 4.90 Å². The molecule has 2 aromatic carbocycles. The minimum atomic E-state index is -0.616. The molecule has 0 unspecified atom stereocenters. The summed E-state index contributed by atoms with van der Waals surface area (Å²) in [4.78, 5) is 25.2. The van der Waals surface area contributed by atoms with Crippen molar-refractivity contribution in [3.8, 4) is 0 Å². The molecule has 2 aromatic rings. The van der Waals surface area contributed by atoms with E-state index in [1.165, 1.54) is 30.2 Å². The fourth-order valence-corrected chi connectivity index (χ4v) is 2.32. The Hall–Kier alpha value is -2.75. The van der Waals surface area contributed by atoms with Gasteiger partial charge in [-0.3, -0.25) is 9.59 Å². The predicted molar refractivity (Wildman–Crippen MR) is 85.8 cm³/mol. The van der Waals surface area contributed by atoms with Gasteiger partial charge in [-0.05, 0) is 30.2 Å². The summed E-state index contributed by atoms with van der Waals surface area (Å²) >= 11 is 0. The van der Waals surface area contributed by atoms with Gasteiger partial charge in [0.05, 0.1) is 11.3 Å². The second-order valence-electron chi connectivity index (χ2n) is 4.90. The van der Waals surface area contributed by atoms with Crippen molar-refractivity contribution in [2.45, 2.75) is 6.92 Å². The van der Waals surface area contributed by atoms with Gasteiger partial charge < -0.3 is 4.90 Å². The minimum Gasteiger partial charge on any atom is -0.311 e. The summed E-state index contributed by atoms with van der Waals surface area (Å²) in [6.07, 6.45) is 2.13. The van der Waals surface area contributed by atoms with Gasteiger partial charge in [0, 0.05) is 12.6 Å². The molecular formula is C18H16FNO2. The van der Waals surface area contributed by atoms with Crippen LogP contribution in [-0.2, 0) is 0 Å². The summed E-state index contributed by atoms with van der Waals surface area (Å²) in [5.41, 5.74) is 1.97. The lowest BCUT2D eigenvalue weighted by Crippen LogP contribution is -2.29. The number of amides is 1. The van der Waals surface area contributed by atoms with Gasteiger partial charge in [-0.15, -0.1) is 0 Å². The fourth-order valence-electron chi connectivity index (χ4n) is 2.32. The van der Waals surface area contributed by atoms with Crippen LogP contribution in [0.4, 0.5) is 10.1 Å². The van der Waals surface area contributed by atoms with Gasteiger partial charge in [-0.25, -0.2) is 4.39 Å². The highest BCUT2D eigenvalue weighted by Gasteiger charge is 2.22. The molecule has 0 saturated heterocycles. The van der Waals surface area contributed by atoms with Crippen LogP contribution in [0.3, 0.4) is 0 Å². The molecular weight excluding hydrogens is 281 g/mol. The van der Waals surface area contributed by atoms with Gasteiger partial charge in [-0.2, -0.15) is 0 Å². The van der Waals surface area contributed by atoms with Gasteiger partial charge in [0.25, 0.3) is 5.91 Å². The van der Waals surface area contributed by atoms with E-state index in [4.69, 9.17) is 0 Å². The van der Waals surface area contributed by atoms with Gasteiger partial charge in [0.2, 0.25) is 0 Å². The van der Waals surface area contributed by atoms with Gasteiger partial charge in [0.1, 0.15) is 5.82 Å². The summed E-state index contributed by atoms with van der Waals surface area (Å²) in [6.45, 7) is 5.38. The van der Waals surface area contributed by atoms with Crippen molar-refractivity contribution in [3.63, 3.8) is 0 Å². The Balaban J connectivity index is 2.54. The SMILES string of the molecule is C=Cc1cccc(F)c1C(=O)N(C)c1cccc(C)c1C=O. The standard InChI is InChI=1S/C18H16FNO2/c1-4-13-8-6-9-15(19)17(13)18(22)20(3)16-10-5-7-12(2)14(16)11-21/h4-11H,1H2,2-3H3. The molecule has 0 saturated carbocycles. The molecule has 0 aromatic heterocycles. The lowest BCUT2D eigenvalue weighted by molar-refractivity contribution is 0.0989. The topological polar surface area (TPSA) is 37.4 Å². The maximum Gasteiger partial charge on any atom is 0.261 e. The van der Waals surface area contributed by atoms with E-state index in [1.54, 1.807) is 31.2 Å². The van der Waals surface area contributed by atoms with Gasteiger partial charge in [-0.1, -0.05) is 36.9 Å². The molecule has 0 aliphatic carbocycles. The molecule has 1 amide bonds. The summed E-state index contributed by atoms with van der Waals surface area (Å²) in [5.74, 6) is -1.14. The molecule has 0 fully saturated rings. The number of nitrogens with zero attached hydrogens (tertiary/aromatic N) is 1. The van der Waals surface area contributed by atoms with E-state index in [9.17, 15) is 14.0 Å². The van der Waals surface area contributed by atoms with Crippen LogP contribution in [0, 0.1) is 12.7 Å². The molecule has 0 atom stereocenters. The zero-order valence-corrected chi connectivity index (χ0v) is 12.5. The largest absolute Gasteiger partial charge is 0.311 e. The number of aryl methyl sites for hydroxylation is 1. The van der Waals surface area contributed by atoms with Crippen molar-refractivity contribution >= 4 is 24.0 Å². The first-order chi connectivity index (χ1) is 10.5. The normalized spacial score (nSPS) is 10.1. The van der Waals surface area contributed by atoms with Crippen LogP contribution in [0.2, 0.25) is 0 Å². The van der Waals surface area contributed by atoms with Gasteiger partial charge >= 0.3 is 0 Å². The molecule has 0 aliphatic heterocycles. The third kappa shape index (κ3) is 2.68. The summed E-state index contributed by atoms with van der Waals surface area (Å²) in [5, 5.41) is 0. The first-order valence-electron chi connectivity index (χ1n) is 6.75. The minimum absolute atomic E-state index is 0.0571. The number of carbonyl (C=O) groups is 2. The molecule has 0 aliphatic rings.